The Bertz CT molecular complexity index is 517. The Morgan fingerprint density at radius 1 is 1.43 bits per heavy atom. The lowest BCUT2D eigenvalue weighted by atomic mass is 9.93. The van der Waals surface area contributed by atoms with Crippen molar-refractivity contribution >= 4 is 41.5 Å². The summed E-state index contributed by atoms with van der Waals surface area (Å²) in [6, 6.07) is 5.58. The Labute approximate surface area is 152 Å². The normalized spacial score (nSPS) is 21.2. The Kier molecular flexibility index (Phi) is 9.20. The molecule has 0 unspecified atom stereocenters. The van der Waals surface area contributed by atoms with E-state index in [0.29, 0.717) is 23.2 Å². The highest BCUT2D eigenvalue weighted by Crippen LogP contribution is 2.29. The molecule has 2 rings (SSSR count). The van der Waals surface area contributed by atoms with Gasteiger partial charge >= 0.3 is 0 Å². The van der Waals surface area contributed by atoms with Gasteiger partial charge in [-0.05, 0) is 17.7 Å². The zero-order chi connectivity index (χ0) is 15.9. The Morgan fingerprint density at radius 3 is 2.91 bits per heavy atom. The first-order valence-electron chi connectivity index (χ1n) is 7.14. The van der Waals surface area contributed by atoms with E-state index in [4.69, 9.17) is 32.7 Å². The number of carbonyl (C=O) groups excluding carboxylic acids is 1. The van der Waals surface area contributed by atoms with Gasteiger partial charge in [0.25, 0.3) is 0 Å². The van der Waals surface area contributed by atoms with Gasteiger partial charge in [-0.3, -0.25) is 4.79 Å². The van der Waals surface area contributed by atoms with E-state index in [0.717, 1.165) is 18.7 Å². The Hall–Kier alpha value is -0.560. The number of methoxy groups -OCH3 is 1. The van der Waals surface area contributed by atoms with Crippen LogP contribution in [0.4, 0.5) is 0 Å². The van der Waals surface area contributed by atoms with Crippen molar-refractivity contribution in [3.8, 4) is 0 Å². The molecule has 0 radical (unpaired) electrons. The summed E-state index contributed by atoms with van der Waals surface area (Å²) in [5, 5.41) is 7.21. The van der Waals surface area contributed by atoms with Crippen LogP contribution < -0.4 is 10.6 Å². The molecular weight excluding hydrogens is 363 g/mol. The highest BCUT2D eigenvalue weighted by atomic mass is 35.5. The summed E-state index contributed by atoms with van der Waals surface area (Å²) < 4.78 is 10.7. The predicted octanol–water partition coefficient (Wildman–Crippen LogP) is 2.25. The molecule has 130 valence electrons. The molecular formula is C15H21Cl3N2O3. The van der Waals surface area contributed by atoms with E-state index in [9.17, 15) is 4.79 Å². The number of ether oxygens (including phenoxy) is 2. The van der Waals surface area contributed by atoms with Crippen molar-refractivity contribution in [3.05, 3.63) is 33.8 Å². The molecule has 1 aromatic rings. The van der Waals surface area contributed by atoms with E-state index in [1.54, 1.807) is 6.07 Å². The monoisotopic (exact) mass is 382 g/mol. The van der Waals surface area contributed by atoms with Crippen molar-refractivity contribution in [2.45, 2.75) is 12.0 Å². The standard InChI is InChI=1S/C15H20Cl2N2O3.ClH/c1-21-9-15(20)19-8-14-11(7-18-4-5-22-14)10-2-3-12(16)13(17)6-10;/h2-3,6,11,14,18H,4-5,7-9H2,1H3,(H,19,20);1H/t11-,14+;/m0./s1. The van der Waals surface area contributed by atoms with Gasteiger partial charge in [-0.1, -0.05) is 29.3 Å². The molecule has 23 heavy (non-hydrogen) atoms. The molecule has 2 atom stereocenters. The smallest absolute Gasteiger partial charge is 0.246 e. The van der Waals surface area contributed by atoms with Gasteiger partial charge in [-0.25, -0.2) is 0 Å². The zero-order valence-electron chi connectivity index (χ0n) is 12.8. The van der Waals surface area contributed by atoms with Crippen molar-refractivity contribution in [1.29, 1.82) is 0 Å². The highest BCUT2D eigenvalue weighted by Gasteiger charge is 2.27. The summed E-state index contributed by atoms with van der Waals surface area (Å²) in [5.74, 6) is -0.0729. The lowest BCUT2D eigenvalue weighted by Crippen LogP contribution is -2.39. The van der Waals surface area contributed by atoms with E-state index in [1.807, 2.05) is 12.1 Å². The minimum atomic E-state index is -0.156. The third-order valence-electron chi connectivity index (χ3n) is 3.57. The van der Waals surface area contributed by atoms with Crippen LogP contribution in [0.25, 0.3) is 0 Å². The van der Waals surface area contributed by atoms with E-state index < -0.39 is 0 Å². The number of hydrogen-bond acceptors (Lipinski definition) is 4. The van der Waals surface area contributed by atoms with E-state index in [1.165, 1.54) is 7.11 Å². The summed E-state index contributed by atoms with van der Waals surface area (Å²) in [7, 11) is 1.49. The van der Waals surface area contributed by atoms with Gasteiger partial charge in [0.1, 0.15) is 6.61 Å². The lowest BCUT2D eigenvalue weighted by molar-refractivity contribution is -0.125. The van der Waals surface area contributed by atoms with Crippen molar-refractivity contribution < 1.29 is 14.3 Å². The van der Waals surface area contributed by atoms with Crippen molar-refractivity contribution in [2.75, 3.05) is 40.0 Å². The molecule has 1 fully saturated rings. The molecule has 5 nitrogen and oxygen atoms in total. The van der Waals surface area contributed by atoms with Crippen LogP contribution in [0.3, 0.4) is 0 Å². The summed E-state index contributed by atoms with van der Waals surface area (Å²) in [5.41, 5.74) is 1.04. The average molecular weight is 384 g/mol. The fourth-order valence-electron chi connectivity index (χ4n) is 2.46. The number of hydrogen-bond donors (Lipinski definition) is 2. The molecule has 0 spiro atoms. The minimum absolute atomic E-state index is 0. The van der Waals surface area contributed by atoms with Gasteiger partial charge in [0.05, 0.1) is 22.8 Å². The van der Waals surface area contributed by atoms with Crippen LogP contribution in [0.2, 0.25) is 10.0 Å². The SMILES string of the molecule is COCC(=O)NC[C@H]1OCCNC[C@H]1c1ccc(Cl)c(Cl)c1.Cl. The molecule has 2 N–H and O–H groups in total. The summed E-state index contributed by atoms with van der Waals surface area (Å²) in [6.07, 6.45) is -0.131. The molecule has 1 amide bonds. The number of benzene rings is 1. The molecule has 0 aliphatic carbocycles. The fourth-order valence-corrected chi connectivity index (χ4v) is 2.77. The highest BCUT2D eigenvalue weighted by molar-refractivity contribution is 6.42. The molecule has 1 heterocycles. The van der Waals surface area contributed by atoms with E-state index >= 15 is 0 Å². The predicted molar refractivity (Wildman–Crippen MR) is 93.9 cm³/mol. The fraction of sp³-hybridized carbons (Fsp3) is 0.533. The molecule has 1 aliphatic rings. The summed E-state index contributed by atoms with van der Waals surface area (Å²) >= 11 is 12.1. The van der Waals surface area contributed by atoms with Crippen LogP contribution in [-0.2, 0) is 14.3 Å². The molecule has 0 bridgehead atoms. The summed E-state index contributed by atoms with van der Waals surface area (Å²) in [4.78, 5) is 11.6. The number of halogens is 3. The number of amides is 1. The lowest BCUT2D eigenvalue weighted by Gasteiger charge is -2.25. The third kappa shape index (κ3) is 6.10. The van der Waals surface area contributed by atoms with Crippen molar-refractivity contribution in [2.24, 2.45) is 0 Å². The second-order valence-electron chi connectivity index (χ2n) is 5.13. The maximum Gasteiger partial charge on any atom is 0.246 e. The molecule has 1 saturated heterocycles. The van der Waals surface area contributed by atoms with Gasteiger partial charge in [0, 0.05) is 32.7 Å². The number of nitrogens with one attached hydrogen (secondary N) is 2. The summed E-state index contributed by atoms with van der Waals surface area (Å²) in [6.45, 7) is 2.60. The maximum atomic E-state index is 11.6. The Morgan fingerprint density at radius 2 is 2.22 bits per heavy atom. The van der Waals surface area contributed by atoms with E-state index in [-0.39, 0.29) is 36.9 Å². The minimum Gasteiger partial charge on any atom is -0.375 e. The van der Waals surface area contributed by atoms with Crippen LogP contribution in [0.5, 0.6) is 0 Å². The van der Waals surface area contributed by atoms with Gasteiger partial charge < -0.3 is 20.1 Å². The average Bonchev–Trinajstić information content (AvgIpc) is 2.74. The quantitative estimate of drug-likeness (QED) is 0.819. The van der Waals surface area contributed by atoms with Gasteiger partial charge in [0.2, 0.25) is 5.91 Å². The van der Waals surface area contributed by atoms with Gasteiger partial charge in [0.15, 0.2) is 0 Å². The van der Waals surface area contributed by atoms with Gasteiger partial charge in [-0.15, -0.1) is 12.4 Å². The number of rotatable bonds is 5. The first kappa shape index (κ1) is 20.5. The van der Waals surface area contributed by atoms with Gasteiger partial charge in [-0.2, -0.15) is 0 Å². The third-order valence-corrected chi connectivity index (χ3v) is 4.31. The molecule has 0 aromatic heterocycles. The first-order chi connectivity index (χ1) is 10.6. The largest absolute Gasteiger partial charge is 0.375 e. The number of carbonyl (C=O) groups is 1. The second kappa shape index (κ2) is 10.3. The molecule has 1 aromatic carbocycles. The van der Waals surface area contributed by atoms with Crippen molar-refractivity contribution in [3.63, 3.8) is 0 Å². The first-order valence-corrected chi connectivity index (χ1v) is 7.90. The molecule has 0 saturated carbocycles. The Balaban J connectivity index is 0.00000264. The molecule has 8 heteroatoms. The topological polar surface area (TPSA) is 59.6 Å². The van der Waals surface area contributed by atoms with Crippen molar-refractivity contribution in [1.82, 2.24) is 10.6 Å². The van der Waals surface area contributed by atoms with Crippen LogP contribution >= 0.6 is 35.6 Å². The van der Waals surface area contributed by atoms with Crippen LogP contribution in [0.1, 0.15) is 11.5 Å². The van der Waals surface area contributed by atoms with Crippen LogP contribution in [0, 0.1) is 0 Å². The maximum absolute atomic E-state index is 11.6. The second-order valence-corrected chi connectivity index (χ2v) is 5.94. The molecule has 1 aliphatic heterocycles. The van der Waals surface area contributed by atoms with Crippen LogP contribution in [0.15, 0.2) is 18.2 Å². The van der Waals surface area contributed by atoms with E-state index in [2.05, 4.69) is 10.6 Å². The van der Waals surface area contributed by atoms with Crippen LogP contribution in [-0.4, -0.2) is 52.0 Å². The zero-order valence-corrected chi connectivity index (χ0v) is 15.1.